The average molecular weight is 315 g/mol. The van der Waals surface area contributed by atoms with Crippen molar-refractivity contribution in [3.05, 3.63) is 41.6 Å². The molecule has 3 heterocycles. The third-order valence-electron chi connectivity index (χ3n) is 4.59. The van der Waals surface area contributed by atoms with Gasteiger partial charge in [0.2, 0.25) is 5.91 Å². The molecule has 0 spiro atoms. The Balaban J connectivity index is 1.68. The molecule has 1 aliphatic rings. The van der Waals surface area contributed by atoms with Gasteiger partial charge in [-0.15, -0.1) is 0 Å². The molecule has 0 aromatic carbocycles. The molecule has 5 heteroatoms. The van der Waals surface area contributed by atoms with Crippen molar-refractivity contribution in [3.63, 3.8) is 0 Å². The fourth-order valence-corrected chi connectivity index (χ4v) is 3.29. The van der Waals surface area contributed by atoms with E-state index in [0.717, 1.165) is 36.5 Å². The van der Waals surface area contributed by atoms with E-state index in [9.17, 15) is 4.79 Å². The molecule has 0 bridgehead atoms. The van der Waals surface area contributed by atoms with E-state index in [1.54, 1.807) is 0 Å². The van der Waals surface area contributed by atoms with Gasteiger partial charge in [-0.1, -0.05) is 6.92 Å². The van der Waals surface area contributed by atoms with E-state index in [-0.39, 0.29) is 11.9 Å². The van der Waals surface area contributed by atoms with E-state index in [1.165, 1.54) is 0 Å². The highest BCUT2D eigenvalue weighted by atomic mass is 16.3. The molecule has 2 atom stereocenters. The molecule has 2 aromatic rings. The summed E-state index contributed by atoms with van der Waals surface area (Å²) in [6.45, 7) is 7.64. The minimum absolute atomic E-state index is 0.0688. The van der Waals surface area contributed by atoms with Crippen molar-refractivity contribution in [3.8, 4) is 0 Å². The van der Waals surface area contributed by atoms with E-state index in [0.29, 0.717) is 18.9 Å². The lowest BCUT2D eigenvalue weighted by Crippen LogP contribution is -2.40. The Morgan fingerprint density at radius 1 is 1.39 bits per heavy atom. The number of aromatic nitrogens is 2. The number of nitrogens with zero attached hydrogens (tertiary/aromatic N) is 3. The Morgan fingerprint density at radius 2 is 2.22 bits per heavy atom. The standard InChI is InChI=1S/C18H25N3O2/c1-13-6-9-21(16(10-13)17-5-4-15(3)23-17)18(22)7-8-20-12-14(2)11-19-20/h4-5,11-13,16H,6-10H2,1-3H3/t13-,16-/m0/s1. The normalized spacial score (nSPS) is 21.6. The second-order valence-corrected chi connectivity index (χ2v) is 6.71. The summed E-state index contributed by atoms with van der Waals surface area (Å²) in [7, 11) is 0. The summed E-state index contributed by atoms with van der Waals surface area (Å²) >= 11 is 0. The number of likely N-dealkylation sites (tertiary alicyclic amines) is 1. The van der Waals surface area contributed by atoms with Crippen molar-refractivity contribution >= 4 is 5.91 Å². The summed E-state index contributed by atoms with van der Waals surface area (Å²) in [6.07, 6.45) is 6.30. The number of piperidine rings is 1. The highest BCUT2D eigenvalue weighted by Gasteiger charge is 2.32. The number of furan rings is 1. The number of amides is 1. The quantitative estimate of drug-likeness (QED) is 0.868. The molecule has 1 fully saturated rings. The van der Waals surface area contributed by atoms with Crippen LogP contribution < -0.4 is 0 Å². The molecule has 0 aliphatic carbocycles. The molecule has 124 valence electrons. The molecular weight excluding hydrogens is 290 g/mol. The Morgan fingerprint density at radius 3 is 2.87 bits per heavy atom. The van der Waals surface area contributed by atoms with Gasteiger partial charge in [0.25, 0.3) is 0 Å². The van der Waals surface area contributed by atoms with E-state index in [2.05, 4.69) is 12.0 Å². The minimum Gasteiger partial charge on any atom is -0.464 e. The summed E-state index contributed by atoms with van der Waals surface area (Å²) in [5.74, 6) is 2.61. The second kappa shape index (κ2) is 6.60. The minimum atomic E-state index is 0.0688. The number of aryl methyl sites for hydroxylation is 3. The van der Waals surface area contributed by atoms with Crippen LogP contribution in [0, 0.1) is 19.8 Å². The molecule has 2 aromatic heterocycles. The van der Waals surface area contributed by atoms with Crippen molar-refractivity contribution in [2.45, 2.75) is 52.6 Å². The Kier molecular flexibility index (Phi) is 4.55. The van der Waals surface area contributed by atoms with E-state index in [4.69, 9.17) is 4.42 Å². The molecule has 1 amide bonds. The van der Waals surface area contributed by atoms with Crippen molar-refractivity contribution in [1.82, 2.24) is 14.7 Å². The maximum Gasteiger partial charge on any atom is 0.225 e. The van der Waals surface area contributed by atoms with Gasteiger partial charge in [0.1, 0.15) is 11.5 Å². The smallest absolute Gasteiger partial charge is 0.225 e. The number of rotatable bonds is 4. The Bertz CT molecular complexity index is 673. The monoisotopic (exact) mass is 315 g/mol. The first kappa shape index (κ1) is 15.8. The molecule has 0 radical (unpaired) electrons. The fourth-order valence-electron chi connectivity index (χ4n) is 3.29. The first-order valence-electron chi connectivity index (χ1n) is 8.38. The van der Waals surface area contributed by atoms with Gasteiger partial charge in [0.15, 0.2) is 0 Å². The number of carbonyl (C=O) groups is 1. The van der Waals surface area contributed by atoms with Gasteiger partial charge in [0.05, 0.1) is 12.2 Å². The molecule has 1 saturated heterocycles. The molecular formula is C18H25N3O2. The first-order valence-corrected chi connectivity index (χ1v) is 8.38. The van der Waals surface area contributed by atoms with E-state index >= 15 is 0 Å². The zero-order chi connectivity index (χ0) is 16.4. The Hall–Kier alpha value is -2.04. The van der Waals surface area contributed by atoms with Crippen LogP contribution in [0.15, 0.2) is 28.9 Å². The molecule has 0 unspecified atom stereocenters. The zero-order valence-electron chi connectivity index (χ0n) is 14.2. The lowest BCUT2D eigenvalue weighted by atomic mass is 9.91. The van der Waals surface area contributed by atoms with E-state index < -0.39 is 0 Å². The van der Waals surface area contributed by atoms with Gasteiger partial charge >= 0.3 is 0 Å². The van der Waals surface area contributed by atoms with Gasteiger partial charge in [-0.3, -0.25) is 9.48 Å². The number of hydrogen-bond donors (Lipinski definition) is 0. The lowest BCUT2D eigenvalue weighted by Gasteiger charge is -2.37. The van der Waals surface area contributed by atoms with Crippen LogP contribution in [0.4, 0.5) is 0 Å². The molecule has 5 nitrogen and oxygen atoms in total. The van der Waals surface area contributed by atoms with Gasteiger partial charge in [-0.05, 0) is 50.3 Å². The lowest BCUT2D eigenvalue weighted by molar-refractivity contribution is -0.136. The van der Waals surface area contributed by atoms with Crippen LogP contribution in [0.3, 0.4) is 0 Å². The summed E-state index contributed by atoms with van der Waals surface area (Å²) in [5, 5.41) is 4.25. The predicted molar refractivity (Wildman–Crippen MR) is 87.9 cm³/mol. The summed E-state index contributed by atoms with van der Waals surface area (Å²) < 4.78 is 7.65. The largest absolute Gasteiger partial charge is 0.464 e. The van der Waals surface area contributed by atoms with Crippen LogP contribution >= 0.6 is 0 Å². The van der Waals surface area contributed by atoms with Gasteiger partial charge < -0.3 is 9.32 Å². The van der Waals surface area contributed by atoms with Crippen LogP contribution in [-0.4, -0.2) is 27.1 Å². The zero-order valence-corrected chi connectivity index (χ0v) is 14.2. The van der Waals surface area contributed by atoms with Crippen LogP contribution in [0.1, 0.15) is 49.3 Å². The summed E-state index contributed by atoms with van der Waals surface area (Å²) in [4.78, 5) is 14.7. The maximum absolute atomic E-state index is 12.7. The van der Waals surface area contributed by atoms with Gasteiger partial charge in [0, 0.05) is 25.7 Å². The number of carbonyl (C=O) groups excluding carboxylic acids is 1. The Labute approximate surface area is 137 Å². The summed E-state index contributed by atoms with van der Waals surface area (Å²) in [6, 6.07) is 4.05. The third-order valence-corrected chi connectivity index (χ3v) is 4.59. The van der Waals surface area contributed by atoms with Crippen molar-refractivity contribution in [1.29, 1.82) is 0 Å². The molecule has 1 aliphatic heterocycles. The predicted octanol–water partition coefficient (Wildman–Crippen LogP) is 3.48. The van der Waals surface area contributed by atoms with Crippen molar-refractivity contribution in [2.24, 2.45) is 5.92 Å². The average Bonchev–Trinajstić information content (AvgIpc) is 3.13. The van der Waals surface area contributed by atoms with Crippen LogP contribution in [0.25, 0.3) is 0 Å². The van der Waals surface area contributed by atoms with Crippen molar-refractivity contribution < 1.29 is 9.21 Å². The molecule has 3 rings (SSSR count). The summed E-state index contributed by atoms with van der Waals surface area (Å²) in [5.41, 5.74) is 1.12. The second-order valence-electron chi connectivity index (χ2n) is 6.71. The van der Waals surface area contributed by atoms with Gasteiger partial charge in [-0.25, -0.2) is 0 Å². The van der Waals surface area contributed by atoms with Crippen LogP contribution in [-0.2, 0) is 11.3 Å². The third kappa shape index (κ3) is 3.66. The van der Waals surface area contributed by atoms with Crippen molar-refractivity contribution in [2.75, 3.05) is 6.54 Å². The van der Waals surface area contributed by atoms with Crippen LogP contribution in [0.5, 0.6) is 0 Å². The SMILES string of the molecule is Cc1cnn(CCC(=O)N2CC[C@H](C)C[C@H]2c2ccc(C)o2)c1. The molecule has 0 saturated carbocycles. The first-order chi connectivity index (χ1) is 11.0. The molecule has 23 heavy (non-hydrogen) atoms. The topological polar surface area (TPSA) is 51.3 Å². The number of hydrogen-bond acceptors (Lipinski definition) is 3. The van der Waals surface area contributed by atoms with Gasteiger partial charge in [-0.2, -0.15) is 5.10 Å². The molecule has 0 N–H and O–H groups in total. The highest BCUT2D eigenvalue weighted by Crippen LogP contribution is 2.35. The maximum atomic E-state index is 12.7. The highest BCUT2D eigenvalue weighted by molar-refractivity contribution is 5.76. The van der Waals surface area contributed by atoms with E-state index in [1.807, 2.05) is 48.0 Å². The fraction of sp³-hybridized carbons (Fsp3) is 0.556. The van der Waals surface area contributed by atoms with Crippen LogP contribution in [0.2, 0.25) is 0 Å².